The molecule has 0 fully saturated rings. The zero-order valence-corrected chi connectivity index (χ0v) is 19.2. The molecule has 5 rings (SSSR count). The highest BCUT2D eigenvalue weighted by molar-refractivity contribution is 5.84. The third kappa shape index (κ3) is 4.64. The Morgan fingerprint density at radius 1 is 1.06 bits per heavy atom. The molecule has 1 N–H and O–H groups in total. The van der Waals surface area contributed by atoms with Gasteiger partial charge in [-0.1, -0.05) is 0 Å². The Kier molecular flexibility index (Phi) is 6.25. The SMILES string of the molecule is CC(C(=O)O)n1ccc2cc(OCCCOc3ccc(-c4nc5c(o4)CCCC5)cc3)ccc21. The lowest BCUT2D eigenvalue weighted by molar-refractivity contribution is -0.140. The zero-order chi connectivity index (χ0) is 23.5. The molecule has 2 heterocycles. The van der Waals surface area contributed by atoms with Gasteiger partial charge in [0.05, 0.1) is 18.9 Å². The standard InChI is InChI=1S/C27H28N2O5/c1-18(27(30)31)29-14-13-20-17-22(11-12-24(20)29)33-16-4-15-32-21-9-7-19(8-10-21)26-28-23-5-2-3-6-25(23)34-26/h7-14,17-18H,2-6,15-16H2,1H3,(H,30,31). The van der Waals surface area contributed by atoms with Crippen molar-refractivity contribution in [2.75, 3.05) is 13.2 Å². The van der Waals surface area contributed by atoms with Crippen LogP contribution in [0.5, 0.6) is 11.5 Å². The topological polar surface area (TPSA) is 86.7 Å². The third-order valence-corrected chi connectivity index (χ3v) is 6.24. The molecule has 0 spiro atoms. The molecule has 0 bridgehead atoms. The van der Waals surface area contributed by atoms with E-state index in [0.29, 0.717) is 19.1 Å². The Bertz CT molecular complexity index is 1260. The predicted octanol–water partition coefficient (Wildman–Crippen LogP) is 5.67. The van der Waals surface area contributed by atoms with Crippen molar-refractivity contribution in [2.24, 2.45) is 0 Å². The molecule has 176 valence electrons. The molecule has 7 nitrogen and oxygen atoms in total. The van der Waals surface area contributed by atoms with Crippen LogP contribution in [0, 0.1) is 0 Å². The molecular weight excluding hydrogens is 432 g/mol. The van der Waals surface area contributed by atoms with E-state index >= 15 is 0 Å². The molecule has 1 aliphatic carbocycles. The minimum atomic E-state index is -0.858. The van der Waals surface area contributed by atoms with E-state index in [-0.39, 0.29) is 0 Å². The number of benzene rings is 2. The van der Waals surface area contributed by atoms with Crippen LogP contribution >= 0.6 is 0 Å². The summed E-state index contributed by atoms with van der Waals surface area (Å²) in [6.07, 6.45) is 6.88. The van der Waals surface area contributed by atoms with E-state index < -0.39 is 12.0 Å². The lowest BCUT2D eigenvalue weighted by Gasteiger charge is -2.11. The van der Waals surface area contributed by atoms with Gasteiger partial charge in [-0.15, -0.1) is 0 Å². The van der Waals surface area contributed by atoms with Gasteiger partial charge in [0.1, 0.15) is 23.3 Å². The van der Waals surface area contributed by atoms with Gasteiger partial charge in [-0.2, -0.15) is 0 Å². The number of carboxylic acid groups (broad SMARTS) is 1. The van der Waals surface area contributed by atoms with Crippen LogP contribution in [0.25, 0.3) is 22.4 Å². The summed E-state index contributed by atoms with van der Waals surface area (Å²) < 4.78 is 19.4. The van der Waals surface area contributed by atoms with Crippen molar-refractivity contribution in [3.8, 4) is 23.0 Å². The van der Waals surface area contributed by atoms with Crippen molar-refractivity contribution in [2.45, 2.75) is 45.1 Å². The van der Waals surface area contributed by atoms with Crippen LogP contribution in [0.15, 0.2) is 59.1 Å². The number of nitrogens with zero attached hydrogens (tertiary/aromatic N) is 2. The molecular formula is C27H28N2O5. The first kappa shape index (κ1) is 22.1. The molecule has 4 aromatic rings. The second-order valence-corrected chi connectivity index (χ2v) is 8.63. The molecule has 0 radical (unpaired) electrons. The minimum absolute atomic E-state index is 0.525. The molecule has 0 saturated carbocycles. The van der Waals surface area contributed by atoms with Crippen LogP contribution in [-0.2, 0) is 17.6 Å². The van der Waals surface area contributed by atoms with E-state index in [1.807, 2.05) is 48.5 Å². The maximum Gasteiger partial charge on any atom is 0.326 e. The number of rotatable bonds is 9. The van der Waals surface area contributed by atoms with Crippen LogP contribution in [0.2, 0.25) is 0 Å². The molecule has 0 aliphatic heterocycles. The van der Waals surface area contributed by atoms with Crippen molar-refractivity contribution in [1.29, 1.82) is 0 Å². The number of ether oxygens (including phenoxy) is 2. The highest BCUT2D eigenvalue weighted by atomic mass is 16.5. The van der Waals surface area contributed by atoms with Crippen molar-refractivity contribution in [3.63, 3.8) is 0 Å². The van der Waals surface area contributed by atoms with Crippen LogP contribution in [-0.4, -0.2) is 33.8 Å². The minimum Gasteiger partial charge on any atom is -0.493 e. The molecule has 7 heteroatoms. The number of aromatic nitrogens is 2. The fourth-order valence-corrected chi connectivity index (χ4v) is 4.30. The summed E-state index contributed by atoms with van der Waals surface area (Å²) >= 11 is 0. The summed E-state index contributed by atoms with van der Waals surface area (Å²) in [5.74, 6) is 2.43. The average molecular weight is 461 g/mol. The molecule has 2 aromatic heterocycles. The lowest BCUT2D eigenvalue weighted by Crippen LogP contribution is -2.14. The number of aliphatic carboxylic acids is 1. The summed E-state index contributed by atoms with van der Waals surface area (Å²) in [6.45, 7) is 2.74. The Labute approximate surface area is 197 Å². The quantitative estimate of drug-likeness (QED) is 0.324. The Hall–Kier alpha value is -3.74. The Balaban J connectivity index is 1.10. The molecule has 1 aliphatic rings. The first-order valence-electron chi connectivity index (χ1n) is 11.8. The average Bonchev–Trinajstić information content (AvgIpc) is 3.48. The summed E-state index contributed by atoms with van der Waals surface area (Å²) in [5.41, 5.74) is 2.94. The summed E-state index contributed by atoms with van der Waals surface area (Å²) in [7, 11) is 0. The smallest absolute Gasteiger partial charge is 0.326 e. The highest BCUT2D eigenvalue weighted by Gasteiger charge is 2.18. The first-order valence-corrected chi connectivity index (χ1v) is 11.8. The number of carboxylic acids is 1. The van der Waals surface area contributed by atoms with Crippen molar-refractivity contribution < 1.29 is 23.8 Å². The van der Waals surface area contributed by atoms with E-state index in [0.717, 1.165) is 58.7 Å². The van der Waals surface area contributed by atoms with E-state index in [4.69, 9.17) is 13.9 Å². The fourth-order valence-electron chi connectivity index (χ4n) is 4.30. The number of hydrogen-bond donors (Lipinski definition) is 1. The van der Waals surface area contributed by atoms with Crippen LogP contribution < -0.4 is 9.47 Å². The number of aryl methyl sites for hydroxylation is 2. The molecule has 1 unspecified atom stereocenters. The normalized spacial score (nSPS) is 14.0. The number of fused-ring (bicyclic) bond motifs is 2. The maximum absolute atomic E-state index is 11.3. The predicted molar refractivity (Wildman–Crippen MR) is 128 cm³/mol. The van der Waals surface area contributed by atoms with Gasteiger partial charge in [-0.25, -0.2) is 9.78 Å². The molecule has 0 amide bonds. The lowest BCUT2D eigenvalue weighted by atomic mass is 10.0. The van der Waals surface area contributed by atoms with Gasteiger partial charge in [0.25, 0.3) is 0 Å². The molecule has 2 aromatic carbocycles. The van der Waals surface area contributed by atoms with E-state index in [2.05, 4.69) is 4.98 Å². The van der Waals surface area contributed by atoms with Gasteiger partial charge in [0.15, 0.2) is 0 Å². The summed E-state index contributed by atoms with van der Waals surface area (Å²) in [5, 5.41) is 10.2. The third-order valence-electron chi connectivity index (χ3n) is 6.24. The van der Waals surface area contributed by atoms with Gasteiger partial charge in [-0.3, -0.25) is 0 Å². The molecule has 34 heavy (non-hydrogen) atoms. The maximum atomic E-state index is 11.3. The van der Waals surface area contributed by atoms with Crippen LogP contribution in [0.3, 0.4) is 0 Å². The van der Waals surface area contributed by atoms with Crippen molar-refractivity contribution >= 4 is 16.9 Å². The van der Waals surface area contributed by atoms with Gasteiger partial charge < -0.3 is 23.6 Å². The number of hydrogen-bond acceptors (Lipinski definition) is 5. The first-order chi connectivity index (χ1) is 16.6. The van der Waals surface area contributed by atoms with Gasteiger partial charge in [0, 0.05) is 35.5 Å². The van der Waals surface area contributed by atoms with Crippen LogP contribution in [0.4, 0.5) is 0 Å². The van der Waals surface area contributed by atoms with Gasteiger partial charge >= 0.3 is 5.97 Å². The second-order valence-electron chi connectivity index (χ2n) is 8.63. The van der Waals surface area contributed by atoms with Crippen molar-refractivity contribution in [1.82, 2.24) is 9.55 Å². The van der Waals surface area contributed by atoms with Gasteiger partial charge in [-0.05, 0) is 74.7 Å². The largest absolute Gasteiger partial charge is 0.493 e. The highest BCUT2D eigenvalue weighted by Crippen LogP contribution is 2.29. The summed E-state index contributed by atoms with van der Waals surface area (Å²) in [4.78, 5) is 15.9. The van der Waals surface area contributed by atoms with E-state index in [1.165, 1.54) is 12.8 Å². The van der Waals surface area contributed by atoms with E-state index in [1.54, 1.807) is 17.7 Å². The zero-order valence-electron chi connectivity index (χ0n) is 19.2. The number of oxazole rings is 1. The fraction of sp³-hybridized carbons (Fsp3) is 0.333. The van der Waals surface area contributed by atoms with Gasteiger partial charge in [0.2, 0.25) is 5.89 Å². The van der Waals surface area contributed by atoms with Crippen molar-refractivity contribution in [3.05, 3.63) is 66.2 Å². The Morgan fingerprint density at radius 2 is 1.79 bits per heavy atom. The van der Waals surface area contributed by atoms with Crippen LogP contribution in [0.1, 0.15) is 43.7 Å². The second kappa shape index (κ2) is 9.63. The number of carbonyl (C=O) groups is 1. The molecule has 0 saturated heterocycles. The monoisotopic (exact) mass is 460 g/mol. The Morgan fingerprint density at radius 3 is 2.56 bits per heavy atom. The molecule has 1 atom stereocenters. The summed E-state index contributed by atoms with van der Waals surface area (Å²) in [6, 6.07) is 14.8. The van der Waals surface area contributed by atoms with E-state index in [9.17, 15) is 9.90 Å².